The minimum absolute atomic E-state index is 0.0543. The summed E-state index contributed by atoms with van der Waals surface area (Å²) in [6.07, 6.45) is 1.30. The maximum atomic E-state index is 11.8. The first-order valence-electron chi connectivity index (χ1n) is 7.64. The number of rotatable bonds is 8. The molecule has 1 aromatic heterocycles. The molecule has 0 bridgehead atoms. The quantitative estimate of drug-likeness (QED) is 0.665. The predicted octanol–water partition coefficient (Wildman–Crippen LogP) is 3.16. The van der Waals surface area contributed by atoms with Gasteiger partial charge in [0, 0.05) is 6.42 Å². The average molecular weight is 399 g/mol. The molecule has 9 heteroatoms. The maximum Gasteiger partial charge on any atom is 0.306 e. The van der Waals surface area contributed by atoms with Crippen LogP contribution in [0.3, 0.4) is 0 Å². The van der Waals surface area contributed by atoms with E-state index in [-0.39, 0.29) is 30.3 Å². The zero-order chi connectivity index (χ0) is 18.9. The van der Waals surface area contributed by atoms with Gasteiger partial charge in [-0.15, -0.1) is 0 Å². The fraction of sp³-hybridized carbons (Fsp3) is 0.235. The van der Waals surface area contributed by atoms with Gasteiger partial charge in [0.05, 0.1) is 35.0 Å². The van der Waals surface area contributed by atoms with Gasteiger partial charge in [-0.3, -0.25) is 14.4 Å². The van der Waals surface area contributed by atoms with Gasteiger partial charge < -0.3 is 19.8 Å². The monoisotopic (exact) mass is 398 g/mol. The molecule has 0 saturated heterocycles. The number of carbonyl (C=O) groups is 3. The van der Waals surface area contributed by atoms with E-state index in [1.165, 1.54) is 6.26 Å². The molecule has 1 heterocycles. The number of carbonyl (C=O) groups excluding carboxylic acids is 3. The standard InChI is InChI=1S/C17H16Cl2N2O5/c18-12-4-1-5-13(17(12)19)21-15(23)10-26-16(24)7-6-14(22)20-9-11-3-2-8-25-11/h1-5,8H,6-7,9-10H2,(H,20,22)(H,21,23). The van der Waals surface area contributed by atoms with Crippen molar-refractivity contribution in [1.82, 2.24) is 5.32 Å². The first-order chi connectivity index (χ1) is 12.5. The van der Waals surface area contributed by atoms with E-state index in [1.807, 2.05) is 0 Å². The van der Waals surface area contributed by atoms with Gasteiger partial charge in [-0.25, -0.2) is 0 Å². The van der Waals surface area contributed by atoms with Crippen LogP contribution in [-0.2, 0) is 25.7 Å². The fourth-order valence-corrected chi connectivity index (χ4v) is 2.26. The van der Waals surface area contributed by atoms with Crippen molar-refractivity contribution < 1.29 is 23.5 Å². The van der Waals surface area contributed by atoms with Crippen molar-refractivity contribution in [2.75, 3.05) is 11.9 Å². The first kappa shape index (κ1) is 19.8. The summed E-state index contributed by atoms with van der Waals surface area (Å²) < 4.78 is 9.89. The lowest BCUT2D eigenvalue weighted by Crippen LogP contribution is -2.24. The Morgan fingerprint density at radius 3 is 2.58 bits per heavy atom. The number of benzene rings is 1. The molecule has 138 valence electrons. The van der Waals surface area contributed by atoms with Crippen LogP contribution in [0, 0.1) is 0 Å². The Hall–Kier alpha value is -2.51. The van der Waals surface area contributed by atoms with E-state index >= 15 is 0 Å². The lowest BCUT2D eigenvalue weighted by atomic mass is 10.3. The summed E-state index contributed by atoms with van der Waals surface area (Å²) in [7, 11) is 0. The van der Waals surface area contributed by atoms with Crippen molar-refractivity contribution in [3.8, 4) is 0 Å². The van der Waals surface area contributed by atoms with Gasteiger partial charge in [-0.2, -0.15) is 0 Å². The Morgan fingerprint density at radius 2 is 1.85 bits per heavy atom. The second kappa shape index (κ2) is 9.84. The lowest BCUT2D eigenvalue weighted by Gasteiger charge is -2.09. The van der Waals surface area contributed by atoms with Crippen LogP contribution < -0.4 is 10.6 Å². The Morgan fingerprint density at radius 1 is 1.04 bits per heavy atom. The van der Waals surface area contributed by atoms with Crippen LogP contribution in [0.2, 0.25) is 10.0 Å². The van der Waals surface area contributed by atoms with Crippen LogP contribution in [0.4, 0.5) is 5.69 Å². The summed E-state index contributed by atoms with van der Waals surface area (Å²) >= 11 is 11.8. The first-order valence-corrected chi connectivity index (χ1v) is 8.40. The molecule has 2 rings (SSSR count). The van der Waals surface area contributed by atoms with Crippen molar-refractivity contribution in [2.45, 2.75) is 19.4 Å². The van der Waals surface area contributed by atoms with Crippen molar-refractivity contribution in [3.63, 3.8) is 0 Å². The van der Waals surface area contributed by atoms with E-state index in [4.69, 9.17) is 32.4 Å². The highest BCUT2D eigenvalue weighted by Gasteiger charge is 2.12. The number of anilines is 1. The van der Waals surface area contributed by atoms with Gasteiger partial charge in [-0.05, 0) is 24.3 Å². The molecule has 26 heavy (non-hydrogen) atoms. The van der Waals surface area contributed by atoms with Crippen molar-refractivity contribution >= 4 is 46.7 Å². The largest absolute Gasteiger partial charge is 0.467 e. The summed E-state index contributed by atoms with van der Waals surface area (Å²) in [5.41, 5.74) is 0.317. The zero-order valence-electron chi connectivity index (χ0n) is 13.6. The number of amides is 2. The molecule has 0 aliphatic heterocycles. The van der Waals surface area contributed by atoms with Crippen molar-refractivity contribution in [2.24, 2.45) is 0 Å². The molecule has 0 radical (unpaired) electrons. The van der Waals surface area contributed by atoms with Gasteiger partial charge in [0.2, 0.25) is 5.91 Å². The smallest absolute Gasteiger partial charge is 0.306 e. The molecule has 0 saturated carbocycles. The topological polar surface area (TPSA) is 97.6 Å². The van der Waals surface area contributed by atoms with Crippen LogP contribution >= 0.6 is 23.2 Å². The average Bonchev–Trinajstić information content (AvgIpc) is 3.14. The molecule has 1 aromatic carbocycles. The molecular formula is C17H16Cl2N2O5. The summed E-state index contributed by atoms with van der Waals surface area (Å²) in [4.78, 5) is 35.0. The minimum Gasteiger partial charge on any atom is -0.467 e. The van der Waals surface area contributed by atoms with Gasteiger partial charge in [0.25, 0.3) is 5.91 Å². The molecule has 2 aromatic rings. The predicted molar refractivity (Wildman–Crippen MR) is 95.8 cm³/mol. The fourth-order valence-electron chi connectivity index (χ4n) is 1.91. The van der Waals surface area contributed by atoms with E-state index in [0.29, 0.717) is 16.5 Å². The second-order valence-electron chi connectivity index (χ2n) is 5.17. The Balaban J connectivity index is 1.65. The maximum absolute atomic E-state index is 11.8. The summed E-state index contributed by atoms with van der Waals surface area (Å²) in [6.45, 7) is -0.251. The Labute approximate surface area is 159 Å². The highest BCUT2D eigenvalue weighted by atomic mass is 35.5. The van der Waals surface area contributed by atoms with Gasteiger partial charge in [0.1, 0.15) is 5.76 Å². The lowest BCUT2D eigenvalue weighted by molar-refractivity contribution is -0.148. The van der Waals surface area contributed by atoms with Crippen LogP contribution in [-0.4, -0.2) is 24.4 Å². The Kier molecular flexibility index (Phi) is 7.50. The third kappa shape index (κ3) is 6.42. The second-order valence-corrected chi connectivity index (χ2v) is 5.95. The molecule has 7 nitrogen and oxygen atoms in total. The van der Waals surface area contributed by atoms with Crippen molar-refractivity contribution in [1.29, 1.82) is 0 Å². The van der Waals surface area contributed by atoms with Crippen LogP contribution in [0.5, 0.6) is 0 Å². The third-order valence-electron chi connectivity index (χ3n) is 3.19. The number of furan rings is 1. The third-order valence-corrected chi connectivity index (χ3v) is 4.00. The number of halogens is 2. The molecule has 0 aliphatic rings. The van der Waals surface area contributed by atoms with Crippen molar-refractivity contribution in [3.05, 3.63) is 52.4 Å². The highest BCUT2D eigenvalue weighted by Crippen LogP contribution is 2.29. The number of esters is 1. The van der Waals surface area contributed by atoms with E-state index in [1.54, 1.807) is 30.3 Å². The van der Waals surface area contributed by atoms with E-state index < -0.39 is 18.5 Å². The molecule has 0 unspecified atom stereocenters. The molecule has 0 fully saturated rings. The summed E-state index contributed by atoms with van der Waals surface area (Å²) in [5.74, 6) is -0.943. The normalized spacial score (nSPS) is 10.2. The van der Waals surface area contributed by atoms with Gasteiger partial charge in [0.15, 0.2) is 6.61 Å². The molecule has 0 aliphatic carbocycles. The number of hydrogen-bond acceptors (Lipinski definition) is 5. The number of hydrogen-bond donors (Lipinski definition) is 2. The SMILES string of the molecule is O=C(CCC(=O)OCC(=O)Nc1cccc(Cl)c1Cl)NCc1ccco1. The van der Waals surface area contributed by atoms with Gasteiger partial charge in [-0.1, -0.05) is 29.3 Å². The van der Waals surface area contributed by atoms with E-state index in [2.05, 4.69) is 10.6 Å². The number of nitrogens with one attached hydrogen (secondary N) is 2. The Bertz CT molecular complexity index is 777. The van der Waals surface area contributed by atoms with Crippen LogP contribution in [0.1, 0.15) is 18.6 Å². The summed E-state index contributed by atoms with van der Waals surface area (Å²) in [5, 5.41) is 5.58. The van der Waals surface area contributed by atoms with Gasteiger partial charge >= 0.3 is 5.97 Å². The molecule has 2 N–H and O–H groups in total. The van der Waals surface area contributed by atoms with E-state index in [9.17, 15) is 14.4 Å². The highest BCUT2D eigenvalue weighted by molar-refractivity contribution is 6.44. The van der Waals surface area contributed by atoms with Crippen LogP contribution in [0.25, 0.3) is 0 Å². The van der Waals surface area contributed by atoms with Crippen LogP contribution in [0.15, 0.2) is 41.0 Å². The molecular weight excluding hydrogens is 383 g/mol. The summed E-state index contributed by atoms with van der Waals surface area (Å²) in [6, 6.07) is 8.20. The molecule has 0 atom stereocenters. The minimum atomic E-state index is -0.662. The van der Waals surface area contributed by atoms with E-state index in [0.717, 1.165) is 0 Å². The molecule has 0 spiro atoms. The zero-order valence-corrected chi connectivity index (χ0v) is 15.1. The molecule has 2 amide bonds. The number of ether oxygens (including phenoxy) is 1.